The van der Waals surface area contributed by atoms with Gasteiger partial charge in [0.1, 0.15) is 0 Å². The number of carbonyl (C=O) groups is 1. The number of hydrogen-bond donors (Lipinski definition) is 0. The molecule has 2 unspecified atom stereocenters. The summed E-state index contributed by atoms with van der Waals surface area (Å²) in [5.41, 5.74) is -0.0114. The summed E-state index contributed by atoms with van der Waals surface area (Å²) in [5.74, 6) is 0.851. The lowest BCUT2D eigenvalue weighted by Gasteiger charge is -2.38. The molecule has 0 aromatic rings. The number of likely N-dealkylation sites (tertiary alicyclic amines) is 1. The molecule has 1 rings (SSSR count). The maximum Gasteiger partial charge on any atom is 0.223 e. The molecule has 2 atom stereocenters. The lowest BCUT2D eigenvalue weighted by molar-refractivity contribution is -0.133. The van der Waals surface area contributed by atoms with E-state index in [0.29, 0.717) is 17.9 Å². The summed E-state index contributed by atoms with van der Waals surface area (Å²) >= 11 is 0. The third kappa shape index (κ3) is 1.87. The molecule has 13 heavy (non-hydrogen) atoms. The van der Waals surface area contributed by atoms with E-state index in [2.05, 4.69) is 39.5 Å². The molecule has 0 spiro atoms. The Morgan fingerprint density at radius 1 is 1.46 bits per heavy atom. The summed E-state index contributed by atoms with van der Waals surface area (Å²) in [4.78, 5) is 13.8. The van der Waals surface area contributed by atoms with E-state index in [0.717, 1.165) is 12.8 Å². The monoisotopic (exact) mass is 183 g/mol. The van der Waals surface area contributed by atoms with Gasteiger partial charge in [0.2, 0.25) is 5.91 Å². The fourth-order valence-electron chi connectivity index (χ4n) is 2.41. The number of carbonyl (C=O) groups excluding carboxylic acids is 1. The maximum absolute atomic E-state index is 11.7. The fraction of sp³-hybridized carbons (Fsp3) is 0.909. The fourth-order valence-corrected chi connectivity index (χ4v) is 2.41. The molecular weight excluding hydrogens is 162 g/mol. The van der Waals surface area contributed by atoms with Crippen molar-refractivity contribution in [3.8, 4) is 0 Å². The highest BCUT2D eigenvalue weighted by Crippen LogP contribution is 2.33. The third-order valence-corrected chi connectivity index (χ3v) is 2.89. The van der Waals surface area contributed by atoms with Gasteiger partial charge in [-0.1, -0.05) is 13.8 Å². The van der Waals surface area contributed by atoms with Gasteiger partial charge in [-0.25, -0.2) is 0 Å². The number of rotatable bonds is 1. The van der Waals surface area contributed by atoms with Gasteiger partial charge in [-0.15, -0.1) is 0 Å². The molecule has 1 aliphatic heterocycles. The second-order valence-corrected chi connectivity index (χ2v) is 5.09. The molecule has 0 radical (unpaired) electrons. The average Bonchev–Trinajstić information content (AvgIpc) is 2.23. The van der Waals surface area contributed by atoms with Crippen molar-refractivity contribution >= 4 is 5.91 Å². The average molecular weight is 183 g/mol. The summed E-state index contributed by atoms with van der Waals surface area (Å²) in [6.07, 6.45) is 1.81. The Kier molecular flexibility index (Phi) is 2.69. The van der Waals surface area contributed by atoms with Crippen LogP contribution in [-0.4, -0.2) is 22.4 Å². The van der Waals surface area contributed by atoms with Gasteiger partial charge in [0, 0.05) is 18.0 Å². The largest absolute Gasteiger partial charge is 0.335 e. The summed E-state index contributed by atoms with van der Waals surface area (Å²) in [5, 5.41) is 0. The Morgan fingerprint density at radius 3 is 2.31 bits per heavy atom. The zero-order valence-electron chi connectivity index (χ0n) is 9.42. The van der Waals surface area contributed by atoms with Crippen molar-refractivity contribution < 1.29 is 4.79 Å². The molecule has 2 heteroatoms. The minimum absolute atomic E-state index is 0.0114. The molecule has 76 valence electrons. The lowest BCUT2D eigenvalue weighted by Crippen LogP contribution is -2.47. The summed E-state index contributed by atoms with van der Waals surface area (Å²) in [7, 11) is 0. The van der Waals surface area contributed by atoms with Crippen molar-refractivity contribution in [1.29, 1.82) is 0 Å². The number of nitrogens with zero attached hydrogens (tertiary/aromatic N) is 1. The third-order valence-electron chi connectivity index (χ3n) is 2.89. The molecular formula is C11H21NO. The molecule has 1 saturated heterocycles. The first-order chi connectivity index (χ1) is 5.88. The predicted octanol–water partition coefficient (Wildman–Crippen LogP) is 2.43. The first kappa shape index (κ1) is 10.6. The van der Waals surface area contributed by atoms with Crippen LogP contribution in [0.15, 0.2) is 0 Å². The smallest absolute Gasteiger partial charge is 0.223 e. The van der Waals surface area contributed by atoms with Crippen LogP contribution in [0.4, 0.5) is 0 Å². The van der Waals surface area contributed by atoms with E-state index in [1.54, 1.807) is 0 Å². The highest BCUT2D eigenvalue weighted by molar-refractivity contribution is 5.80. The van der Waals surface area contributed by atoms with Crippen LogP contribution < -0.4 is 0 Å². The van der Waals surface area contributed by atoms with Gasteiger partial charge < -0.3 is 4.90 Å². The zero-order valence-corrected chi connectivity index (χ0v) is 9.42. The first-order valence-electron chi connectivity index (χ1n) is 5.20. The van der Waals surface area contributed by atoms with Gasteiger partial charge >= 0.3 is 0 Å². The highest BCUT2D eigenvalue weighted by atomic mass is 16.2. The van der Waals surface area contributed by atoms with E-state index in [4.69, 9.17) is 0 Å². The summed E-state index contributed by atoms with van der Waals surface area (Å²) in [6, 6.07) is 0.451. The SMILES string of the molecule is CCC1C(C)CC(=O)N1C(C)(C)C. The number of amides is 1. The van der Waals surface area contributed by atoms with Crippen LogP contribution >= 0.6 is 0 Å². The molecule has 1 fully saturated rings. The lowest BCUT2D eigenvalue weighted by atomic mass is 9.98. The molecule has 1 amide bonds. The Labute approximate surface area is 81.3 Å². The molecule has 0 saturated carbocycles. The molecule has 0 aromatic heterocycles. The van der Waals surface area contributed by atoms with Crippen LogP contribution in [0.2, 0.25) is 0 Å². The zero-order chi connectivity index (χ0) is 10.2. The van der Waals surface area contributed by atoms with E-state index in [1.807, 2.05) is 0 Å². The van der Waals surface area contributed by atoms with E-state index < -0.39 is 0 Å². The second-order valence-electron chi connectivity index (χ2n) is 5.09. The quantitative estimate of drug-likeness (QED) is 0.611. The highest BCUT2D eigenvalue weighted by Gasteiger charge is 2.41. The van der Waals surface area contributed by atoms with Crippen LogP contribution in [0.3, 0.4) is 0 Å². The Hall–Kier alpha value is -0.530. The Balaban J connectivity index is 2.87. The van der Waals surface area contributed by atoms with Crippen molar-refractivity contribution in [2.45, 2.75) is 59.0 Å². The van der Waals surface area contributed by atoms with Gasteiger partial charge in [-0.05, 0) is 33.1 Å². The Bertz CT molecular complexity index is 205. The summed E-state index contributed by atoms with van der Waals surface area (Å²) in [6.45, 7) is 10.7. The minimum atomic E-state index is -0.0114. The van der Waals surface area contributed by atoms with Crippen molar-refractivity contribution in [1.82, 2.24) is 4.90 Å². The van der Waals surface area contributed by atoms with Crippen LogP contribution in [-0.2, 0) is 4.79 Å². The first-order valence-corrected chi connectivity index (χ1v) is 5.20. The normalized spacial score (nSPS) is 29.9. The predicted molar refractivity (Wildman–Crippen MR) is 54.5 cm³/mol. The van der Waals surface area contributed by atoms with Gasteiger partial charge in [0.15, 0.2) is 0 Å². The van der Waals surface area contributed by atoms with E-state index in [-0.39, 0.29) is 5.54 Å². The van der Waals surface area contributed by atoms with Crippen molar-refractivity contribution in [3.63, 3.8) is 0 Å². The molecule has 1 aliphatic rings. The van der Waals surface area contributed by atoms with E-state index in [9.17, 15) is 4.79 Å². The van der Waals surface area contributed by atoms with Gasteiger partial charge in [-0.2, -0.15) is 0 Å². The molecule has 0 aromatic carbocycles. The second kappa shape index (κ2) is 3.32. The van der Waals surface area contributed by atoms with Gasteiger partial charge in [-0.3, -0.25) is 4.79 Å². The van der Waals surface area contributed by atoms with Crippen LogP contribution in [0.25, 0.3) is 0 Å². The van der Waals surface area contributed by atoms with Crippen LogP contribution in [0, 0.1) is 5.92 Å². The van der Waals surface area contributed by atoms with Crippen LogP contribution in [0.1, 0.15) is 47.5 Å². The van der Waals surface area contributed by atoms with Crippen molar-refractivity contribution in [3.05, 3.63) is 0 Å². The summed E-state index contributed by atoms with van der Waals surface area (Å²) < 4.78 is 0. The molecule has 0 N–H and O–H groups in total. The van der Waals surface area contributed by atoms with E-state index in [1.165, 1.54) is 0 Å². The maximum atomic E-state index is 11.7. The molecule has 1 heterocycles. The standard InChI is InChI=1S/C11H21NO/c1-6-9-8(2)7-10(13)12(9)11(3,4)5/h8-9H,6-7H2,1-5H3. The number of hydrogen-bond acceptors (Lipinski definition) is 1. The Morgan fingerprint density at radius 2 is 2.00 bits per heavy atom. The van der Waals surface area contributed by atoms with Crippen molar-refractivity contribution in [2.75, 3.05) is 0 Å². The minimum Gasteiger partial charge on any atom is -0.335 e. The van der Waals surface area contributed by atoms with Gasteiger partial charge in [0.05, 0.1) is 0 Å². The van der Waals surface area contributed by atoms with Crippen LogP contribution in [0.5, 0.6) is 0 Å². The topological polar surface area (TPSA) is 20.3 Å². The molecule has 0 aliphatic carbocycles. The molecule has 2 nitrogen and oxygen atoms in total. The van der Waals surface area contributed by atoms with E-state index >= 15 is 0 Å². The molecule has 0 bridgehead atoms. The van der Waals surface area contributed by atoms with Gasteiger partial charge in [0.25, 0.3) is 0 Å². The van der Waals surface area contributed by atoms with Crippen molar-refractivity contribution in [2.24, 2.45) is 5.92 Å².